The van der Waals surface area contributed by atoms with E-state index in [1.54, 1.807) is 14.2 Å². The molecule has 0 rings (SSSR count). The molecule has 104 valence electrons. The van der Waals surface area contributed by atoms with E-state index in [1.165, 1.54) is 0 Å². The van der Waals surface area contributed by atoms with Crippen LogP contribution in [0.4, 0.5) is 0 Å². The van der Waals surface area contributed by atoms with Crippen molar-refractivity contribution in [2.24, 2.45) is 0 Å². The van der Waals surface area contributed by atoms with Crippen molar-refractivity contribution < 1.29 is 9.47 Å². The van der Waals surface area contributed by atoms with Gasteiger partial charge in [-0.1, -0.05) is 0 Å². The predicted octanol–water partition coefficient (Wildman–Crippen LogP) is -0.411. The highest BCUT2D eigenvalue weighted by Crippen LogP contribution is 2.29. The zero-order valence-electron chi connectivity index (χ0n) is 13.3. The molecule has 2 atom stereocenters. The third-order valence-electron chi connectivity index (χ3n) is 4.66. The molecule has 2 unspecified atom stereocenters. The minimum atomic E-state index is -0.172. The van der Waals surface area contributed by atoms with E-state index in [0.717, 1.165) is 20.5 Å². The van der Waals surface area contributed by atoms with Crippen LogP contribution in [0.25, 0.3) is 0 Å². The Labute approximate surface area is 113 Å². The molecule has 1 N–H and O–H groups in total. The molecule has 0 aromatic carbocycles. The van der Waals surface area contributed by atoms with Crippen LogP contribution < -0.4 is 5.32 Å². The van der Waals surface area contributed by atoms with E-state index in [4.69, 9.17) is 9.47 Å². The van der Waals surface area contributed by atoms with E-state index in [2.05, 4.69) is 46.9 Å². The van der Waals surface area contributed by atoms with Gasteiger partial charge in [0.25, 0.3) is 0 Å². The average molecular weight is 278 g/mol. The maximum Gasteiger partial charge on any atom is 0.0763 e. The molecule has 0 heterocycles. The van der Waals surface area contributed by atoms with E-state index < -0.39 is 0 Å². The van der Waals surface area contributed by atoms with Gasteiger partial charge >= 0.3 is 0 Å². The van der Waals surface area contributed by atoms with E-state index in [1.807, 2.05) is 0 Å². The number of ether oxygens (including phenoxy) is 2. The molecule has 17 heavy (non-hydrogen) atoms. The van der Waals surface area contributed by atoms with Crippen molar-refractivity contribution in [3.8, 4) is 0 Å². The summed E-state index contributed by atoms with van der Waals surface area (Å²) in [6, 6.07) is 0. The molecule has 0 saturated heterocycles. The Morgan fingerprint density at radius 2 is 0.941 bits per heavy atom. The number of nitrogens with one attached hydrogen (secondary N) is 1. The first kappa shape index (κ1) is 17.3. The number of hydrogen-bond acceptors (Lipinski definition) is 3. The standard InChI is InChI=1S/C12H31NO2Si2/c1-9(2,14-7)11(5,16)13-12(6,17)10(3,4)15-8/h13H,1-8,16-17H3. The molecule has 0 aliphatic heterocycles. The fourth-order valence-electron chi connectivity index (χ4n) is 1.59. The zero-order chi connectivity index (χ0) is 14.1. The lowest BCUT2D eigenvalue weighted by molar-refractivity contribution is -0.0602. The zero-order valence-corrected chi connectivity index (χ0v) is 17.3. The quantitative estimate of drug-likeness (QED) is 0.670. The van der Waals surface area contributed by atoms with Gasteiger partial charge in [-0.2, -0.15) is 0 Å². The molecular formula is C12H31NO2Si2. The average Bonchev–Trinajstić information content (AvgIpc) is 2.15. The van der Waals surface area contributed by atoms with Crippen molar-refractivity contribution in [2.45, 2.75) is 63.1 Å². The monoisotopic (exact) mass is 277 g/mol. The first-order valence-corrected chi connectivity index (χ1v) is 8.22. The van der Waals surface area contributed by atoms with Gasteiger partial charge < -0.3 is 14.8 Å². The second kappa shape index (κ2) is 5.13. The molecule has 0 aromatic rings. The lowest BCUT2D eigenvalue weighted by Crippen LogP contribution is -2.71. The largest absolute Gasteiger partial charge is 0.377 e. The van der Waals surface area contributed by atoms with Crippen LogP contribution in [0, 0.1) is 0 Å². The third kappa shape index (κ3) is 3.64. The van der Waals surface area contributed by atoms with E-state index >= 15 is 0 Å². The summed E-state index contributed by atoms with van der Waals surface area (Å²) in [6.07, 6.45) is 0. The van der Waals surface area contributed by atoms with E-state index in [0.29, 0.717) is 0 Å². The van der Waals surface area contributed by atoms with Crippen LogP contribution >= 0.6 is 0 Å². The van der Waals surface area contributed by atoms with Gasteiger partial charge in [-0.15, -0.1) is 0 Å². The number of methoxy groups -OCH3 is 2. The van der Waals surface area contributed by atoms with Gasteiger partial charge in [0.1, 0.15) is 0 Å². The lowest BCUT2D eigenvalue weighted by Gasteiger charge is -2.51. The summed E-state index contributed by atoms with van der Waals surface area (Å²) in [6.45, 7) is 13.1. The van der Waals surface area contributed by atoms with Crippen molar-refractivity contribution in [2.75, 3.05) is 14.2 Å². The Bertz CT molecular complexity index is 237. The Morgan fingerprint density at radius 1 is 0.706 bits per heavy atom. The maximum absolute atomic E-state index is 5.64. The minimum Gasteiger partial charge on any atom is -0.377 e. The van der Waals surface area contributed by atoms with Crippen LogP contribution in [-0.2, 0) is 9.47 Å². The molecule has 0 amide bonds. The van der Waals surface area contributed by atoms with Gasteiger partial charge in [0.05, 0.1) is 11.2 Å². The van der Waals surface area contributed by atoms with Crippen LogP contribution in [0.2, 0.25) is 0 Å². The van der Waals surface area contributed by atoms with Gasteiger partial charge in [-0.25, -0.2) is 0 Å². The van der Waals surface area contributed by atoms with Crippen molar-refractivity contribution in [1.82, 2.24) is 5.32 Å². The fourth-order valence-corrected chi connectivity index (χ4v) is 3.75. The van der Waals surface area contributed by atoms with Crippen LogP contribution in [0.3, 0.4) is 0 Å². The van der Waals surface area contributed by atoms with Crippen molar-refractivity contribution >= 4 is 20.5 Å². The molecule has 0 radical (unpaired) electrons. The summed E-state index contributed by atoms with van der Waals surface area (Å²) >= 11 is 0. The molecule has 0 fully saturated rings. The molecular weight excluding hydrogens is 246 g/mol. The summed E-state index contributed by atoms with van der Waals surface area (Å²) in [5, 5.41) is 3.80. The second-order valence-corrected chi connectivity index (χ2v) is 10.8. The molecule has 0 aliphatic carbocycles. The van der Waals surface area contributed by atoms with E-state index in [9.17, 15) is 0 Å². The lowest BCUT2D eigenvalue weighted by atomic mass is 9.93. The Hall–Kier alpha value is 0.314. The summed E-state index contributed by atoms with van der Waals surface area (Å²) in [5.74, 6) is 0. The van der Waals surface area contributed by atoms with Gasteiger partial charge in [0.2, 0.25) is 0 Å². The highest BCUT2D eigenvalue weighted by molar-refractivity contribution is 6.19. The second-order valence-electron chi connectivity index (χ2n) is 6.80. The topological polar surface area (TPSA) is 30.5 Å². The highest BCUT2D eigenvalue weighted by atomic mass is 28.2. The molecule has 0 aliphatic rings. The van der Waals surface area contributed by atoms with Gasteiger partial charge in [-0.05, 0) is 41.5 Å². The van der Waals surface area contributed by atoms with Crippen molar-refractivity contribution in [3.63, 3.8) is 0 Å². The van der Waals surface area contributed by atoms with E-state index in [-0.39, 0.29) is 21.5 Å². The Kier molecular flexibility index (Phi) is 5.22. The minimum absolute atomic E-state index is 0.00799. The summed E-state index contributed by atoms with van der Waals surface area (Å²) in [5.41, 5.74) is -0.344. The van der Waals surface area contributed by atoms with Crippen LogP contribution in [0.5, 0.6) is 0 Å². The molecule has 0 saturated carbocycles. The van der Waals surface area contributed by atoms with Gasteiger partial charge in [0, 0.05) is 45.0 Å². The summed E-state index contributed by atoms with van der Waals surface area (Å²) < 4.78 is 11.3. The first-order valence-electron chi connectivity index (χ1n) is 6.22. The summed E-state index contributed by atoms with van der Waals surface area (Å²) in [4.78, 5) is 0. The molecule has 0 bridgehead atoms. The Balaban J connectivity index is 5.07. The molecule has 0 spiro atoms. The SMILES string of the molecule is COC(C)(C)C(C)([SiH3])NC(C)([SiH3])C(C)(C)OC. The number of rotatable bonds is 6. The van der Waals surface area contributed by atoms with Crippen LogP contribution in [0.15, 0.2) is 0 Å². The predicted molar refractivity (Wildman–Crippen MR) is 82.0 cm³/mol. The van der Waals surface area contributed by atoms with Crippen LogP contribution in [-0.4, -0.2) is 56.2 Å². The normalized spacial score (nSPS) is 21.2. The fraction of sp³-hybridized carbons (Fsp3) is 1.00. The first-order chi connectivity index (χ1) is 7.33. The molecule has 5 heteroatoms. The Morgan fingerprint density at radius 3 is 1.12 bits per heavy atom. The maximum atomic E-state index is 5.64. The molecule has 3 nitrogen and oxygen atoms in total. The number of hydrogen-bond donors (Lipinski definition) is 1. The summed E-state index contributed by atoms with van der Waals surface area (Å²) in [7, 11) is 5.59. The van der Waals surface area contributed by atoms with Crippen LogP contribution in [0.1, 0.15) is 41.5 Å². The van der Waals surface area contributed by atoms with Gasteiger partial charge in [-0.3, -0.25) is 0 Å². The third-order valence-corrected chi connectivity index (χ3v) is 7.56. The smallest absolute Gasteiger partial charge is 0.0763 e. The van der Waals surface area contributed by atoms with Gasteiger partial charge in [0.15, 0.2) is 0 Å². The highest BCUT2D eigenvalue weighted by Gasteiger charge is 2.45. The molecule has 0 aromatic heterocycles. The van der Waals surface area contributed by atoms with Crippen molar-refractivity contribution in [3.05, 3.63) is 0 Å². The van der Waals surface area contributed by atoms with Crippen molar-refractivity contribution in [1.29, 1.82) is 0 Å².